The van der Waals surface area contributed by atoms with Gasteiger partial charge in [0.1, 0.15) is 23.0 Å². The Bertz CT molecular complexity index is 1420. The van der Waals surface area contributed by atoms with Crippen molar-refractivity contribution in [1.29, 1.82) is 0 Å². The molecular weight excluding hydrogens is 560 g/mol. The molecule has 0 N–H and O–H groups in total. The third-order valence-electron chi connectivity index (χ3n) is 8.30. The maximum atomic E-state index is 5.88. The molecule has 4 aromatic rings. The number of methoxy groups -OCH3 is 8. The average molecular weight is 601 g/mol. The molecule has 4 bridgehead atoms. The lowest BCUT2D eigenvalue weighted by Crippen LogP contribution is -2.07. The average Bonchev–Trinajstić information content (AvgIpc) is 3.05. The number of benzene rings is 4. The van der Waals surface area contributed by atoms with Crippen molar-refractivity contribution in [2.24, 2.45) is 0 Å². The van der Waals surface area contributed by atoms with Crippen LogP contribution in [0.3, 0.4) is 0 Å². The van der Waals surface area contributed by atoms with Crippen molar-refractivity contribution in [3.63, 3.8) is 0 Å². The van der Waals surface area contributed by atoms with Crippen LogP contribution >= 0.6 is 0 Å². The summed E-state index contributed by atoms with van der Waals surface area (Å²) in [5.74, 6) is 5.64. The van der Waals surface area contributed by atoms with Gasteiger partial charge in [0.15, 0.2) is 23.0 Å². The van der Waals surface area contributed by atoms with Crippen molar-refractivity contribution in [3.8, 4) is 46.0 Å². The zero-order valence-corrected chi connectivity index (χ0v) is 26.7. The van der Waals surface area contributed by atoms with E-state index in [0.29, 0.717) is 48.7 Å². The summed E-state index contributed by atoms with van der Waals surface area (Å²) in [4.78, 5) is 0. The van der Waals surface area contributed by atoms with Crippen molar-refractivity contribution in [2.45, 2.75) is 25.7 Å². The quantitative estimate of drug-likeness (QED) is 0.202. The topological polar surface area (TPSA) is 73.8 Å². The van der Waals surface area contributed by atoms with Crippen molar-refractivity contribution in [3.05, 3.63) is 93.0 Å². The first-order chi connectivity index (χ1) is 21.4. The first-order valence-electron chi connectivity index (χ1n) is 14.3. The second-order valence-electron chi connectivity index (χ2n) is 10.6. The van der Waals surface area contributed by atoms with Crippen molar-refractivity contribution < 1.29 is 37.9 Å². The van der Waals surface area contributed by atoms with E-state index in [0.717, 1.165) is 67.5 Å². The highest BCUT2D eigenvalue weighted by Crippen LogP contribution is 2.41. The Morgan fingerprint density at radius 2 is 0.455 bits per heavy atom. The standard InChI is InChI=1S/C36H40O8/c1-37-29-19-30(38-2)26-10-23-17-35(43-7)36(44-8)18-24(23)12-28-14-27(31(39-3)20-32(28)40-4)11-22-16-34(42-6)33(41-5)15-21(22)9-25(29)13-26/h13-20H,9-12H2,1-8H3. The fourth-order valence-corrected chi connectivity index (χ4v) is 6.03. The van der Waals surface area contributed by atoms with E-state index in [1.54, 1.807) is 56.9 Å². The zero-order chi connectivity index (χ0) is 31.4. The van der Waals surface area contributed by atoms with E-state index in [-0.39, 0.29) is 0 Å². The van der Waals surface area contributed by atoms with E-state index >= 15 is 0 Å². The van der Waals surface area contributed by atoms with Gasteiger partial charge in [0.2, 0.25) is 0 Å². The molecular formula is C36H40O8. The molecule has 1 aliphatic carbocycles. The fraction of sp³-hybridized carbons (Fsp3) is 0.333. The maximum absolute atomic E-state index is 5.88. The Kier molecular flexibility index (Phi) is 9.28. The van der Waals surface area contributed by atoms with Crippen LogP contribution < -0.4 is 37.9 Å². The molecule has 0 unspecified atom stereocenters. The van der Waals surface area contributed by atoms with Gasteiger partial charge in [-0.2, -0.15) is 0 Å². The highest BCUT2D eigenvalue weighted by molar-refractivity contribution is 5.58. The first kappa shape index (κ1) is 30.7. The van der Waals surface area contributed by atoms with Crippen LogP contribution in [0.15, 0.2) is 48.5 Å². The predicted octanol–water partition coefficient (Wildman–Crippen LogP) is 6.43. The van der Waals surface area contributed by atoms with Gasteiger partial charge in [-0.05, 0) is 80.9 Å². The van der Waals surface area contributed by atoms with E-state index in [1.165, 1.54) is 0 Å². The molecule has 0 spiro atoms. The molecule has 0 radical (unpaired) electrons. The highest BCUT2D eigenvalue weighted by Gasteiger charge is 2.22. The van der Waals surface area contributed by atoms with Gasteiger partial charge in [0.05, 0.1) is 56.9 Å². The highest BCUT2D eigenvalue weighted by atomic mass is 16.5. The number of rotatable bonds is 8. The smallest absolute Gasteiger partial charge is 0.161 e. The summed E-state index contributed by atoms with van der Waals surface area (Å²) in [7, 11) is 13.3. The Balaban J connectivity index is 1.82. The van der Waals surface area contributed by atoms with Crippen molar-refractivity contribution >= 4 is 0 Å². The van der Waals surface area contributed by atoms with Gasteiger partial charge in [-0.15, -0.1) is 0 Å². The molecule has 0 saturated heterocycles. The molecule has 0 saturated carbocycles. The predicted molar refractivity (Wildman–Crippen MR) is 169 cm³/mol. The van der Waals surface area contributed by atoms with Crippen LogP contribution in [0, 0.1) is 0 Å². The normalized spacial score (nSPS) is 12.2. The van der Waals surface area contributed by atoms with E-state index < -0.39 is 0 Å². The minimum absolute atomic E-state index is 0.597. The van der Waals surface area contributed by atoms with Gasteiger partial charge in [0.25, 0.3) is 0 Å². The van der Waals surface area contributed by atoms with E-state index in [1.807, 2.05) is 36.4 Å². The second kappa shape index (κ2) is 13.3. The molecule has 0 aliphatic heterocycles. The Morgan fingerprint density at radius 3 is 0.636 bits per heavy atom. The molecule has 5 rings (SSSR count). The van der Waals surface area contributed by atoms with Gasteiger partial charge < -0.3 is 37.9 Å². The van der Waals surface area contributed by atoms with Gasteiger partial charge >= 0.3 is 0 Å². The van der Waals surface area contributed by atoms with Crippen LogP contribution in [-0.2, 0) is 25.7 Å². The minimum Gasteiger partial charge on any atom is -0.496 e. The molecule has 0 heterocycles. The van der Waals surface area contributed by atoms with E-state index in [9.17, 15) is 0 Å². The molecule has 0 fully saturated rings. The third kappa shape index (κ3) is 5.89. The molecule has 44 heavy (non-hydrogen) atoms. The molecule has 0 amide bonds. The molecule has 8 nitrogen and oxygen atoms in total. The van der Waals surface area contributed by atoms with Crippen molar-refractivity contribution in [2.75, 3.05) is 56.9 Å². The summed E-state index contributed by atoms with van der Waals surface area (Å²) in [6, 6.07) is 16.5. The summed E-state index contributed by atoms with van der Waals surface area (Å²) in [6.07, 6.45) is 2.39. The monoisotopic (exact) mass is 600 g/mol. The van der Waals surface area contributed by atoms with E-state index in [2.05, 4.69) is 12.1 Å². The molecule has 0 atom stereocenters. The Morgan fingerprint density at radius 1 is 0.250 bits per heavy atom. The van der Waals surface area contributed by atoms with Gasteiger partial charge in [-0.25, -0.2) is 0 Å². The number of fused-ring (bicyclic) bond motifs is 6. The molecule has 1 aliphatic rings. The minimum atomic E-state index is 0.597. The maximum Gasteiger partial charge on any atom is 0.161 e. The summed E-state index contributed by atoms with van der Waals surface area (Å²) >= 11 is 0. The summed E-state index contributed by atoms with van der Waals surface area (Å²) in [6.45, 7) is 0. The fourth-order valence-electron chi connectivity index (χ4n) is 6.03. The second-order valence-corrected chi connectivity index (χ2v) is 10.6. The number of hydrogen-bond donors (Lipinski definition) is 0. The Hall–Kier alpha value is -4.72. The van der Waals surface area contributed by atoms with Crippen LogP contribution in [0.25, 0.3) is 0 Å². The summed E-state index contributed by atoms with van der Waals surface area (Å²) in [5, 5.41) is 0. The third-order valence-corrected chi connectivity index (χ3v) is 8.30. The first-order valence-corrected chi connectivity index (χ1v) is 14.3. The van der Waals surface area contributed by atoms with Crippen LogP contribution in [0.2, 0.25) is 0 Å². The number of hydrogen-bond acceptors (Lipinski definition) is 8. The van der Waals surface area contributed by atoms with Crippen LogP contribution in [-0.4, -0.2) is 56.9 Å². The van der Waals surface area contributed by atoms with Crippen LogP contribution in [0.1, 0.15) is 44.5 Å². The molecule has 8 heteroatoms. The van der Waals surface area contributed by atoms with Crippen LogP contribution in [0.5, 0.6) is 46.0 Å². The molecule has 232 valence electrons. The van der Waals surface area contributed by atoms with Gasteiger partial charge in [0, 0.05) is 37.8 Å². The lowest BCUT2D eigenvalue weighted by atomic mass is 9.88. The largest absolute Gasteiger partial charge is 0.496 e. The van der Waals surface area contributed by atoms with E-state index in [4.69, 9.17) is 37.9 Å². The lowest BCUT2D eigenvalue weighted by Gasteiger charge is -2.22. The van der Waals surface area contributed by atoms with Crippen LogP contribution in [0.4, 0.5) is 0 Å². The van der Waals surface area contributed by atoms with Gasteiger partial charge in [-0.3, -0.25) is 0 Å². The lowest BCUT2D eigenvalue weighted by molar-refractivity contribution is 0.354. The Labute approximate surface area is 259 Å². The summed E-state index contributed by atoms with van der Waals surface area (Å²) in [5.41, 5.74) is 8.44. The molecule has 4 aromatic carbocycles. The number of ether oxygens (including phenoxy) is 8. The summed E-state index contributed by atoms with van der Waals surface area (Å²) < 4.78 is 46.4. The van der Waals surface area contributed by atoms with Crippen molar-refractivity contribution in [1.82, 2.24) is 0 Å². The molecule has 0 aromatic heterocycles. The SMILES string of the molecule is COc1cc(OC)c2cc1Cc1cc(OC)c(OC)cc1Cc1cc(c(OC)cc1OC)Cc1cc(OC)c(OC)cc1C2. The zero-order valence-electron chi connectivity index (χ0n) is 26.7. The van der Waals surface area contributed by atoms with Gasteiger partial charge in [-0.1, -0.05) is 0 Å².